The molecule has 0 saturated heterocycles. The van der Waals surface area contributed by atoms with Crippen LogP contribution in [0.25, 0.3) is 0 Å². The van der Waals surface area contributed by atoms with Gasteiger partial charge in [0.25, 0.3) is 0 Å². The summed E-state index contributed by atoms with van der Waals surface area (Å²) in [6.07, 6.45) is 9.47. The molecule has 1 aliphatic rings. The summed E-state index contributed by atoms with van der Waals surface area (Å²) in [4.78, 5) is 12.2. The Bertz CT molecular complexity index is 1010. The third kappa shape index (κ3) is 7.34. The molecule has 3 rings (SSSR count). The highest BCUT2D eigenvalue weighted by Gasteiger charge is 2.19. The zero-order valence-electron chi connectivity index (χ0n) is 21.4. The van der Waals surface area contributed by atoms with Crippen LogP contribution in [-0.2, 0) is 24.1 Å². The molecule has 1 N–H and O–H groups in total. The van der Waals surface area contributed by atoms with Crippen molar-refractivity contribution in [2.24, 2.45) is 5.92 Å². The number of alkyl carbamates (subject to hydrolysis) is 1. The lowest BCUT2D eigenvalue weighted by molar-refractivity contribution is 0.143. The van der Waals surface area contributed by atoms with Crippen LogP contribution in [0.1, 0.15) is 92.2 Å². The second kappa shape index (κ2) is 12.8. The number of hydrogen-bond donors (Lipinski definition) is 1. The maximum atomic E-state index is 12.2. The number of fused-ring (bicyclic) bond motifs is 1. The first-order valence-electron chi connectivity index (χ1n) is 12.7. The maximum Gasteiger partial charge on any atom is 0.407 e. The van der Waals surface area contributed by atoms with Crippen molar-refractivity contribution >= 4 is 28.7 Å². The number of hydrogen-bond acceptors (Lipinski definition) is 2. The first-order chi connectivity index (χ1) is 16.3. The summed E-state index contributed by atoms with van der Waals surface area (Å²) < 4.78 is 6.70. The van der Waals surface area contributed by atoms with Gasteiger partial charge in [-0.05, 0) is 107 Å². The SMILES string of the molecule is Cc1cc(C(C)C)cc2c1CC=CC2CCCCOC(=O)NCc1cccc(CC(C)C)c1I. The number of aryl methyl sites for hydroxylation is 1. The van der Waals surface area contributed by atoms with Crippen molar-refractivity contribution in [1.29, 1.82) is 0 Å². The van der Waals surface area contributed by atoms with Gasteiger partial charge in [-0.25, -0.2) is 4.79 Å². The number of carbonyl (C=O) groups is 1. The van der Waals surface area contributed by atoms with Crippen molar-refractivity contribution in [3.8, 4) is 0 Å². The van der Waals surface area contributed by atoms with Crippen LogP contribution in [-0.4, -0.2) is 12.7 Å². The van der Waals surface area contributed by atoms with E-state index in [1.54, 1.807) is 0 Å². The number of allylic oxidation sites excluding steroid dienone is 2. The minimum absolute atomic E-state index is 0.329. The van der Waals surface area contributed by atoms with Crippen molar-refractivity contribution in [2.75, 3.05) is 6.61 Å². The number of halogens is 1. The van der Waals surface area contributed by atoms with Crippen LogP contribution in [0, 0.1) is 16.4 Å². The summed E-state index contributed by atoms with van der Waals surface area (Å²) in [5.74, 6) is 1.62. The minimum atomic E-state index is -0.329. The normalized spacial score (nSPS) is 15.0. The smallest absolute Gasteiger partial charge is 0.407 e. The lowest BCUT2D eigenvalue weighted by Crippen LogP contribution is -2.24. The summed E-state index contributed by atoms with van der Waals surface area (Å²) in [5.41, 5.74) is 8.34. The maximum absolute atomic E-state index is 12.2. The van der Waals surface area contributed by atoms with Gasteiger partial charge in [0, 0.05) is 16.0 Å². The Morgan fingerprint density at radius 1 is 1.15 bits per heavy atom. The largest absolute Gasteiger partial charge is 0.450 e. The molecule has 0 aromatic heterocycles. The predicted molar refractivity (Wildman–Crippen MR) is 151 cm³/mol. The predicted octanol–water partition coefficient (Wildman–Crippen LogP) is 8.21. The second-order valence-electron chi connectivity index (χ2n) is 10.3. The van der Waals surface area contributed by atoms with Gasteiger partial charge in [0.15, 0.2) is 0 Å². The van der Waals surface area contributed by atoms with Gasteiger partial charge in [-0.2, -0.15) is 0 Å². The van der Waals surface area contributed by atoms with Gasteiger partial charge in [0.2, 0.25) is 0 Å². The molecule has 3 nitrogen and oxygen atoms in total. The molecule has 1 aliphatic carbocycles. The van der Waals surface area contributed by atoms with Crippen LogP contribution in [0.5, 0.6) is 0 Å². The fourth-order valence-corrected chi connectivity index (χ4v) is 5.51. The first-order valence-corrected chi connectivity index (χ1v) is 13.8. The Hall–Kier alpha value is -1.82. The molecule has 1 amide bonds. The highest BCUT2D eigenvalue weighted by molar-refractivity contribution is 14.1. The molecule has 0 fully saturated rings. The quantitative estimate of drug-likeness (QED) is 0.177. The van der Waals surface area contributed by atoms with Gasteiger partial charge in [-0.3, -0.25) is 0 Å². The Balaban J connectivity index is 1.43. The van der Waals surface area contributed by atoms with E-state index >= 15 is 0 Å². The molecule has 2 aromatic carbocycles. The molecule has 1 atom stereocenters. The van der Waals surface area contributed by atoms with E-state index in [4.69, 9.17) is 4.74 Å². The lowest BCUT2D eigenvalue weighted by Gasteiger charge is -2.24. The summed E-state index contributed by atoms with van der Waals surface area (Å²) >= 11 is 2.39. The van der Waals surface area contributed by atoms with E-state index in [1.807, 2.05) is 0 Å². The second-order valence-corrected chi connectivity index (χ2v) is 11.4. The van der Waals surface area contributed by atoms with Gasteiger partial charge in [0.05, 0.1) is 6.61 Å². The van der Waals surface area contributed by atoms with E-state index in [2.05, 4.69) is 105 Å². The molecule has 0 spiro atoms. The Kier molecular flexibility index (Phi) is 10.0. The summed E-state index contributed by atoms with van der Waals surface area (Å²) in [7, 11) is 0. The third-order valence-electron chi connectivity index (χ3n) is 6.64. The number of carbonyl (C=O) groups excluding carboxylic acids is 1. The van der Waals surface area contributed by atoms with Gasteiger partial charge in [-0.15, -0.1) is 0 Å². The van der Waals surface area contributed by atoms with E-state index < -0.39 is 0 Å². The fraction of sp³-hybridized carbons (Fsp3) is 0.500. The highest BCUT2D eigenvalue weighted by Crippen LogP contribution is 2.35. The standard InChI is InChI=1S/C30H40INO2/c1-20(2)16-24-12-8-13-25(29(24)31)19-32-30(33)34-15-7-6-10-23-11-9-14-27-22(5)17-26(21(3)4)18-28(23)27/h8-9,11-13,17-18,20-21,23H,6-7,10,14-16,19H2,1-5H3,(H,32,33). The van der Waals surface area contributed by atoms with E-state index in [0.29, 0.717) is 30.9 Å². The summed E-state index contributed by atoms with van der Waals surface area (Å²) in [6, 6.07) is 11.1. The van der Waals surface area contributed by atoms with Crippen LogP contribution in [0.3, 0.4) is 0 Å². The van der Waals surface area contributed by atoms with E-state index in [0.717, 1.165) is 37.7 Å². The van der Waals surface area contributed by atoms with Gasteiger partial charge >= 0.3 is 6.09 Å². The number of unbranched alkanes of at least 4 members (excludes halogenated alkanes) is 1. The Labute approximate surface area is 219 Å². The van der Waals surface area contributed by atoms with Crippen molar-refractivity contribution < 1.29 is 9.53 Å². The number of amides is 1. The Morgan fingerprint density at radius 3 is 2.65 bits per heavy atom. The molecule has 0 bridgehead atoms. The fourth-order valence-electron chi connectivity index (χ4n) is 4.74. The molecular formula is C30H40INO2. The van der Waals surface area contributed by atoms with E-state index in [1.165, 1.54) is 31.4 Å². The monoisotopic (exact) mass is 573 g/mol. The number of rotatable bonds is 10. The molecule has 184 valence electrons. The summed E-state index contributed by atoms with van der Waals surface area (Å²) in [6.45, 7) is 12.2. The average molecular weight is 574 g/mol. The van der Waals surface area contributed by atoms with Crippen LogP contribution in [0.4, 0.5) is 4.79 Å². The van der Waals surface area contributed by atoms with Gasteiger partial charge in [-0.1, -0.05) is 70.2 Å². The lowest BCUT2D eigenvalue weighted by atomic mass is 9.80. The van der Waals surface area contributed by atoms with Crippen LogP contribution >= 0.6 is 22.6 Å². The molecule has 0 saturated carbocycles. The summed E-state index contributed by atoms with van der Waals surface area (Å²) in [5, 5.41) is 2.92. The minimum Gasteiger partial charge on any atom is -0.450 e. The molecule has 0 radical (unpaired) electrons. The third-order valence-corrected chi connectivity index (χ3v) is 8.02. The van der Waals surface area contributed by atoms with E-state index in [9.17, 15) is 4.79 Å². The topological polar surface area (TPSA) is 38.3 Å². The van der Waals surface area contributed by atoms with Crippen molar-refractivity contribution in [1.82, 2.24) is 5.32 Å². The van der Waals surface area contributed by atoms with Crippen LogP contribution < -0.4 is 5.32 Å². The van der Waals surface area contributed by atoms with Crippen LogP contribution in [0.15, 0.2) is 42.5 Å². The molecule has 1 unspecified atom stereocenters. The zero-order valence-corrected chi connectivity index (χ0v) is 23.6. The number of ether oxygens (including phenoxy) is 1. The molecule has 34 heavy (non-hydrogen) atoms. The number of benzene rings is 2. The van der Waals surface area contributed by atoms with Gasteiger partial charge < -0.3 is 10.1 Å². The molecular weight excluding hydrogens is 533 g/mol. The highest BCUT2D eigenvalue weighted by atomic mass is 127. The van der Waals surface area contributed by atoms with Crippen LogP contribution in [0.2, 0.25) is 0 Å². The van der Waals surface area contributed by atoms with Crippen molar-refractivity contribution in [2.45, 2.75) is 85.1 Å². The molecule has 0 heterocycles. The first kappa shape index (κ1) is 26.8. The Morgan fingerprint density at radius 2 is 1.91 bits per heavy atom. The molecule has 0 aliphatic heterocycles. The molecule has 4 heteroatoms. The van der Waals surface area contributed by atoms with Gasteiger partial charge in [0.1, 0.15) is 0 Å². The number of nitrogens with one attached hydrogen (secondary N) is 1. The van der Waals surface area contributed by atoms with Crippen molar-refractivity contribution in [3.05, 3.63) is 79.4 Å². The zero-order chi connectivity index (χ0) is 24.7. The molecule has 2 aromatic rings. The average Bonchev–Trinajstić information content (AvgIpc) is 2.79. The van der Waals surface area contributed by atoms with E-state index in [-0.39, 0.29) is 6.09 Å². The van der Waals surface area contributed by atoms with Crippen molar-refractivity contribution in [3.63, 3.8) is 0 Å².